The first-order chi connectivity index (χ1) is 54.1. The standard InChI is InChI=1S/C74H88F4N18O17/c75-73(76)35-47(37-79)95(45-73)57(97)39-86-71(110)51-9-13-82-55-7-5-49(33-53(51)55)112-31-3-1-11-84-63-65(69(108)67(63)106)93-18-16-81-15-17-92(59(99)41-88-19-21-89(42-60(100)101)23-25-91(44-62(104)105)26-24-90(22-20-88)43-61(102)103)27-28-94(30-29-93)66-64(68(107)70(66)109)85-12-2-4-32-113-50-6-8-56-54(34-50)52(10-14-83-56)72(111)87-40-58(98)96-46-74(77,78)36-48(96)38-80/h5-10,13-14,33-34,47-48,81,84-85H,1-4,11-12,15-32,35-36,39-46H2,(H,86,110)(H,87,111)(H,100,101)(H,102,103)(H,104,105)/t47-,48-/m0/s1. The highest BCUT2D eigenvalue weighted by molar-refractivity contribution is 6.08. The summed E-state index contributed by atoms with van der Waals surface area (Å²) in [7, 11) is 0. The Hall–Kier alpha value is -11.5. The minimum atomic E-state index is -3.25. The highest BCUT2D eigenvalue weighted by atomic mass is 19.3. The van der Waals surface area contributed by atoms with Gasteiger partial charge < -0.3 is 75.9 Å². The molecule has 4 aliphatic heterocycles. The zero-order valence-electron chi connectivity index (χ0n) is 61.9. The van der Waals surface area contributed by atoms with Crippen LogP contribution in [-0.4, -0.2) is 314 Å². The van der Waals surface area contributed by atoms with E-state index in [2.05, 4.69) is 36.6 Å². The molecule has 4 aromatic carbocycles. The van der Waals surface area contributed by atoms with Gasteiger partial charge in [0.1, 0.15) is 46.3 Å². The van der Waals surface area contributed by atoms with Crippen LogP contribution < -0.4 is 67.6 Å². The van der Waals surface area contributed by atoms with E-state index in [-0.39, 0.29) is 197 Å². The molecule has 8 N–H and O–H groups in total. The number of fused-ring (bicyclic) bond motifs is 2. The van der Waals surface area contributed by atoms with Crippen molar-refractivity contribution in [3.8, 4) is 23.6 Å². The summed E-state index contributed by atoms with van der Waals surface area (Å²) in [5.41, 5.74) is -1.93. The molecule has 35 nitrogen and oxygen atoms in total. The molecule has 39 heteroatoms. The zero-order chi connectivity index (χ0) is 81.1. The van der Waals surface area contributed by atoms with Gasteiger partial charge in [0, 0.05) is 154 Å². The molecule has 10 rings (SSSR count). The fourth-order valence-corrected chi connectivity index (χ4v) is 14.0. The zero-order valence-corrected chi connectivity index (χ0v) is 61.9. The lowest BCUT2D eigenvalue weighted by Crippen LogP contribution is -2.53. The molecule has 0 spiro atoms. The summed E-state index contributed by atoms with van der Waals surface area (Å²) in [6.07, 6.45) is 2.81. The van der Waals surface area contributed by atoms with Crippen molar-refractivity contribution in [1.29, 1.82) is 10.5 Å². The van der Waals surface area contributed by atoms with Crippen molar-refractivity contribution in [2.75, 3.05) is 204 Å². The first-order valence-corrected chi connectivity index (χ1v) is 37.0. The van der Waals surface area contributed by atoms with Gasteiger partial charge in [-0.15, -0.1) is 0 Å². The van der Waals surface area contributed by atoms with E-state index in [0.29, 0.717) is 59.0 Å². The highest BCUT2D eigenvalue weighted by Gasteiger charge is 2.48. The maximum atomic E-state index is 14.8. The van der Waals surface area contributed by atoms with Crippen molar-refractivity contribution in [2.24, 2.45) is 0 Å². The number of carboxylic acids is 3. The number of carbonyl (C=O) groups excluding carboxylic acids is 5. The lowest BCUT2D eigenvalue weighted by atomic mass is 10.1. The normalized spacial score (nSPS) is 18.6. The molecule has 0 aliphatic carbocycles. The van der Waals surface area contributed by atoms with Crippen LogP contribution in [0.15, 0.2) is 80.1 Å². The Morgan fingerprint density at radius 1 is 0.496 bits per heavy atom. The van der Waals surface area contributed by atoms with Gasteiger partial charge in [0.25, 0.3) is 45.4 Å². The third kappa shape index (κ3) is 22.4. The van der Waals surface area contributed by atoms with Crippen LogP contribution in [-0.2, 0) is 28.8 Å². The summed E-state index contributed by atoms with van der Waals surface area (Å²) in [5.74, 6) is -12.6. The molecule has 2 atom stereocenters. The van der Waals surface area contributed by atoms with Crippen LogP contribution in [0.5, 0.6) is 11.5 Å². The number of nitrogens with one attached hydrogen (secondary N) is 5. The van der Waals surface area contributed by atoms with Crippen LogP contribution in [0.4, 0.5) is 40.3 Å². The molecule has 0 unspecified atom stereocenters. The van der Waals surface area contributed by atoms with Gasteiger partial charge in [0.15, 0.2) is 0 Å². The third-order valence-corrected chi connectivity index (χ3v) is 20.0. The smallest absolute Gasteiger partial charge is 0.317 e. The van der Waals surface area contributed by atoms with E-state index in [1.54, 1.807) is 82.8 Å². The molecule has 0 radical (unpaired) electrons. The number of carboxylic acid groups (broad SMARTS) is 3. The Labute approximate surface area is 643 Å². The van der Waals surface area contributed by atoms with E-state index < -0.39 is 126 Å². The predicted octanol–water partition coefficient (Wildman–Crippen LogP) is -0.283. The molecular weight excluding hydrogens is 1490 g/mol. The van der Waals surface area contributed by atoms with Crippen molar-refractivity contribution in [3.63, 3.8) is 0 Å². The largest absolute Gasteiger partial charge is 0.494 e. The van der Waals surface area contributed by atoms with Crippen LogP contribution in [0, 0.1) is 22.7 Å². The number of rotatable bonds is 30. The Kier molecular flexibility index (Phi) is 28.7. The number of pyridine rings is 2. The molecule has 4 aliphatic rings. The van der Waals surface area contributed by atoms with Gasteiger partial charge in [-0.2, -0.15) is 10.5 Å². The van der Waals surface area contributed by atoms with Crippen molar-refractivity contribution < 1.29 is 80.7 Å². The fourth-order valence-electron chi connectivity index (χ4n) is 14.0. The molecule has 6 aromatic rings. The molecule has 4 saturated heterocycles. The number of unbranched alkanes of at least 4 members (excludes halogenated alkanes) is 2. The maximum absolute atomic E-state index is 14.8. The first-order valence-electron chi connectivity index (χ1n) is 37.0. The average molecular weight is 1580 g/mol. The summed E-state index contributed by atoms with van der Waals surface area (Å²) in [6.45, 7) is -1.91. The van der Waals surface area contributed by atoms with Gasteiger partial charge in [-0.05, 0) is 74.2 Å². The van der Waals surface area contributed by atoms with E-state index in [1.807, 2.05) is 0 Å². The maximum Gasteiger partial charge on any atom is 0.317 e. The number of alkyl halides is 4. The van der Waals surface area contributed by atoms with Crippen molar-refractivity contribution >= 4 is 92.0 Å². The number of amides is 5. The van der Waals surface area contributed by atoms with E-state index in [0.717, 1.165) is 9.80 Å². The SMILES string of the molecule is N#C[C@@H]1CC(F)(F)CN1C(=O)CNC(=O)c1ccnc2ccc(OCCCCNc3c(N4CCNCCN(C(=O)CN5CCN(CC(=O)O)CCN(CC(=O)O)CCN(CC(=O)O)CC5)CCN(c5c(NCCCCOc6ccc7nccc(C(=O)NCC(=O)N8CC(F)(F)C[C@H]8C#N)c7c6)c(=O)c5=O)CC4)c(=O)c3=O)cc12. The summed E-state index contributed by atoms with van der Waals surface area (Å²) >= 11 is 0. The van der Waals surface area contributed by atoms with Crippen LogP contribution in [0.1, 0.15) is 59.2 Å². The highest BCUT2D eigenvalue weighted by Crippen LogP contribution is 2.34. The predicted molar refractivity (Wildman–Crippen MR) is 401 cm³/mol. The minimum absolute atomic E-state index is 0.00106. The number of aliphatic carboxylic acids is 3. The molecular formula is C74H88F4N18O17. The Bertz CT molecular complexity index is 4690. The number of aromatic nitrogens is 2. The second-order valence-electron chi connectivity index (χ2n) is 28.0. The summed E-state index contributed by atoms with van der Waals surface area (Å²) in [5, 5.41) is 63.2. The van der Waals surface area contributed by atoms with Crippen LogP contribution in [0.3, 0.4) is 0 Å². The van der Waals surface area contributed by atoms with Gasteiger partial charge in [0.2, 0.25) is 17.7 Å². The Morgan fingerprint density at radius 2 is 0.885 bits per heavy atom. The Balaban J connectivity index is 0.792. The van der Waals surface area contributed by atoms with Crippen LogP contribution in [0.2, 0.25) is 0 Å². The number of nitriles is 2. The summed E-state index contributed by atoms with van der Waals surface area (Å²) in [4.78, 5) is 180. The van der Waals surface area contributed by atoms with E-state index in [4.69, 9.17) is 9.47 Å². The molecule has 0 saturated carbocycles. The quantitative estimate of drug-likeness (QED) is 0.0163. The van der Waals surface area contributed by atoms with Gasteiger partial charge >= 0.3 is 17.9 Å². The monoisotopic (exact) mass is 1580 g/mol. The second kappa shape index (κ2) is 38.6. The van der Waals surface area contributed by atoms with Gasteiger partial charge in [-0.1, -0.05) is 0 Å². The third-order valence-electron chi connectivity index (χ3n) is 20.0. The fraction of sp³-hybridized carbons (Fsp3) is 0.514. The van der Waals surface area contributed by atoms with Crippen LogP contribution >= 0.6 is 0 Å². The molecule has 604 valence electrons. The number of hydrogen-bond acceptors (Lipinski definition) is 27. The molecule has 113 heavy (non-hydrogen) atoms. The lowest BCUT2D eigenvalue weighted by molar-refractivity contribution is -0.140. The second-order valence-corrected chi connectivity index (χ2v) is 28.0. The number of likely N-dealkylation sites (tertiary alicyclic amines) is 2. The molecule has 0 bridgehead atoms. The van der Waals surface area contributed by atoms with Gasteiger partial charge in [-0.3, -0.25) is 87.1 Å². The molecule has 5 amide bonds. The molecule has 6 heterocycles. The number of ether oxygens (including phenoxy) is 2. The number of nitrogens with zero attached hydrogens (tertiary/aromatic N) is 13. The number of halogens is 4. The lowest BCUT2D eigenvalue weighted by Gasteiger charge is -2.36. The molecule has 2 aromatic heterocycles. The summed E-state index contributed by atoms with van der Waals surface area (Å²) in [6, 6.07) is 13.2. The summed E-state index contributed by atoms with van der Waals surface area (Å²) < 4.78 is 68.3. The van der Waals surface area contributed by atoms with Crippen LogP contribution in [0.25, 0.3) is 21.8 Å². The number of hydrogen-bond donors (Lipinski definition) is 8. The van der Waals surface area contributed by atoms with E-state index in [9.17, 15) is 101 Å². The van der Waals surface area contributed by atoms with Gasteiger partial charge in [0.05, 0.1) is 99.9 Å². The number of benzene rings is 2. The number of anilines is 4. The van der Waals surface area contributed by atoms with E-state index in [1.165, 1.54) is 24.5 Å². The minimum Gasteiger partial charge on any atom is -0.494 e. The molecule has 4 fully saturated rings. The van der Waals surface area contributed by atoms with Crippen molar-refractivity contribution in [3.05, 3.63) is 113 Å². The topological polar surface area (TPSA) is 447 Å². The average Bonchev–Trinajstić information content (AvgIpc) is 1.21. The Morgan fingerprint density at radius 3 is 1.29 bits per heavy atom. The van der Waals surface area contributed by atoms with Gasteiger partial charge in [-0.25, -0.2) is 17.6 Å². The van der Waals surface area contributed by atoms with Crippen molar-refractivity contribution in [2.45, 2.75) is 62.5 Å². The van der Waals surface area contributed by atoms with Crippen molar-refractivity contribution in [1.82, 2.24) is 60.2 Å². The first kappa shape index (κ1) is 83.9. The van der Waals surface area contributed by atoms with E-state index >= 15 is 0 Å². The number of carbonyl (C=O) groups is 8.